The van der Waals surface area contributed by atoms with Crippen molar-refractivity contribution in [2.24, 2.45) is 0 Å². The molecule has 0 unspecified atom stereocenters. The number of hydrogen-bond acceptors (Lipinski definition) is 5. The van der Waals surface area contributed by atoms with Crippen LogP contribution in [0.1, 0.15) is 18.4 Å². The number of nitrogens with zero attached hydrogens (tertiary/aromatic N) is 3. The van der Waals surface area contributed by atoms with E-state index in [2.05, 4.69) is 16.9 Å². The number of fused-ring (bicyclic) bond motifs is 1. The average molecular weight is 301 g/mol. The van der Waals surface area contributed by atoms with Crippen LogP contribution in [0.15, 0.2) is 24.3 Å². The normalized spacial score (nSPS) is 16.8. The summed E-state index contributed by atoms with van der Waals surface area (Å²) in [4.78, 5) is 17.3. The molecule has 1 aromatic carbocycles. The van der Waals surface area contributed by atoms with Crippen molar-refractivity contribution >= 4 is 16.6 Å². The first kappa shape index (κ1) is 14.7. The molecule has 0 bridgehead atoms. The molecule has 2 heterocycles. The van der Waals surface area contributed by atoms with Gasteiger partial charge in [0.15, 0.2) is 0 Å². The Bertz CT molecular complexity index is 709. The fraction of sp³-hybridized carbons (Fsp3) is 0.438. The number of likely N-dealkylation sites (tertiary alicyclic amines) is 1. The van der Waals surface area contributed by atoms with Crippen LogP contribution in [0.5, 0.6) is 5.88 Å². The van der Waals surface area contributed by atoms with Gasteiger partial charge in [0.1, 0.15) is 6.10 Å². The van der Waals surface area contributed by atoms with Gasteiger partial charge in [-0.1, -0.05) is 0 Å². The van der Waals surface area contributed by atoms with Crippen molar-refractivity contribution in [2.75, 3.05) is 20.1 Å². The van der Waals surface area contributed by atoms with E-state index >= 15 is 0 Å². The van der Waals surface area contributed by atoms with E-state index in [9.17, 15) is 10.1 Å². The largest absolute Gasteiger partial charge is 0.474 e. The fourth-order valence-corrected chi connectivity index (χ4v) is 2.80. The lowest BCUT2D eigenvalue weighted by atomic mass is 10.1. The van der Waals surface area contributed by atoms with E-state index in [-0.39, 0.29) is 16.7 Å². The van der Waals surface area contributed by atoms with E-state index in [0.717, 1.165) is 42.4 Å². The third-order valence-corrected chi connectivity index (χ3v) is 4.14. The molecule has 2 aromatic rings. The standard InChI is InChI=1S/C16H19N3O3/c1-11-9-16(22-13-5-7-18(2)8-6-13)17-15-4-3-12(19(20)21)10-14(11)15/h3-4,9-10,13H,5-8H2,1-2H3. The molecule has 0 amide bonds. The summed E-state index contributed by atoms with van der Waals surface area (Å²) in [6, 6.07) is 6.59. The zero-order valence-electron chi connectivity index (χ0n) is 12.8. The van der Waals surface area contributed by atoms with Gasteiger partial charge in [-0.3, -0.25) is 10.1 Å². The van der Waals surface area contributed by atoms with E-state index < -0.39 is 0 Å². The SMILES string of the molecule is Cc1cc(OC2CCN(C)CC2)nc2ccc([N+](=O)[O-])cc12. The summed E-state index contributed by atoms with van der Waals surface area (Å²) in [6.45, 7) is 3.99. The van der Waals surface area contributed by atoms with Crippen molar-refractivity contribution in [3.63, 3.8) is 0 Å². The molecule has 116 valence electrons. The maximum Gasteiger partial charge on any atom is 0.270 e. The van der Waals surface area contributed by atoms with Crippen molar-refractivity contribution in [3.8, 4) is 5.88 Å². The Morgan fingerprint density at radius 3 is 2.73 bits per heavy atom. The Labute approximate surface area is 128 Å². The fourth-order valence-electron chi connectivity index (χ4n) is 2.80. The third-order valence-electron chi connectivity index (χ3n) is 4.14. The number of piperidine rings is 1. The molecule has 0 atom stereocenters. The van der Waals surface area contributed by atoms with E-state index in [1.54, 1.807) is 12.1 Å². The number of non-ortho nitro benzene ring substituents is 1. The lowest BCUT2D eigenvalue weighted by molar-refractivity contribution is -0.384. The highest BCUT2D eigenvalue weighted by Gasteiger charge is 2.19. The molecule has 1 aromatic heterocycles. The Balaban J connectivity index is 1.86. The van der Waals surface area contributed by atoms with Crippen LogP contribution in [0.2, 0.25) is 0 Å². The Hall–Kier alpha value is -2.21. The molecule has 0 aliphatic carbocycles. The minimum Gasteiger partial charge on any atom is -0.474 e. The zero-order chi connectivity index (χ0) is 15.7. The minimum absolute atomic E-state index is 0.0846. The zero-order valence-corrected chi connectivity index (χ0v) is 12.8. The second kappa shape index (κ2) is 5.88. The molecule has 1 aliphatic rings. The van der Waals surface area contributed by atoms with Crippen LogP contribution in [0, 0.1) is 17.0 Å². The van der Waals surface area contributed by atoms with E-state index in [0.29, 0.717) is 5.88 Å². The molecule has 0 saturated carbocycles. The first-order valence-corrected chi connectivity index (χ1v) is 7.44. The second-order valence-corrected chi connectivity index (χ2v) is 5.86. The summed E-state index contributed by atoms with van der Waals surface area (Å²) in [6.07, 6.45) is 2.18. The van der Waals surface area contributed by atoms with Crippen molar-refractivity contribution in [1.82, 2.24) is 9.88 Å². The molecule has 0 radical (unpaired) electrons. The van der Waals surface area contributed by atoms with E-state index in [4.69, 9.17) is 4.74 Å². The van der Waals surface area contributed by atoms with Crippen molar-refractivity contribution in [2.45, 2.75) is 25.9 Å². The van der Waals surface area contributed by atoms with Crippen molar-refractivity contribution < 1.29 is 9.66 Å². The molecule has 0 spiro atoms. The number of ether oxygens (including phenoxy) is 1. The second-order valence-electron chi connectivity index (χ2n) is 5.86. The molecule has 6 heteroatoms. The summed E-state index contributed by atoms with van der Waals surface area (Å²) in [5.41, 5.74) is 1.76. The van der Waals surface area contributed by atoms with Gasteiger partial charge in [0.05, 0.1) is 10.4 Å². The van der Waals surface area contributed by atoms with Gasteiger partial charge in [-0.2, -0.15) is 0 Å². The van der Waals surface area contributed by atoms with Gasteiger partial charge in [0.25, 0.3) is 5.69 Å². The van der Waals surface area contributed by atoms with Crippen LogP contribution >= 0.6 is 0 Å². The van der Waals surface area contributed by atoms with Crippen LogP contribution < -0.4 is 4.74 Å². The Morgan fingerprint density at radius 2 is 2.05 bits per heavy atom. The number of aromatic nitrogens is 1. The highest BCUT2D eigenvalue weighted by molar-refractivity contribution is 5.84. The molecule has 1 aliphatic heterocycles. The molecule has 3 rings (SSSR count). The number of benzene rings is 1. The average Bonchev–Trinajstić information content (AvgIpc) is 2.49. The lowest BCUT2D eigenvalue weighted by Crippen LogP contribution is -2.35. The van der Waals surface area contributed by atoms with Crippen LogP contribution in [-0.4, -0.2) is 41.0 Å². The van der Waals surface area contributed by atoms with Gasteiger partial charge in [-0.25, -0.2) is 4.98 Å². The number of pyridine rings is 1. The summed E-state index contributed by atoms with van der Waals surface area (Å²) in [5, 5.41) is 11.7. The Morgan fingerprint density at radius 1 is 1.32 bits per heavy atom. The molecular weight excluding hydrogens is 282 g/mol. The Kier molecular flexibility index (Phi) is 3.94. The van der Waals surface area contributed by atoms with Gasteiger partial charge in [0.2, 0.25) is 5.88 Å². The first-order valence-electron chi connectivity index (χ1n) is 7.44. The molecule has 0 N–H and O–H groups in total. The van der Waals surface area contributed by atoms with Crippen LogP contribution in [-0.2, 0) is 0 Å². The van der Waals surface area contributed by atoms with E-state index in [1.807, 2.05) is 13.0 Å². The molecule has 6 nitrogen and oxygen atoms in total. The number of rotatable bonds is 3. The van der Waals surface area contributed by atoms with Crippen molar-refractivity contribution in [1.29, 1.82) is 0 Å². The third kappa shape index (κ3) is 3.01. The number of nitro benzene ring substituents is 1. The maximum atomic E-state index is 10.9. The lowest BCUT2D eigenvalue weighted by Gasteiger charge is -2.29. The van der Waals surface area contributed by atoms with Gasteiger partial charge < -0.3 is 9.64 Å². The highest BCUT2D eigenvalue weighted by atomic mass is 16.6. The van der Waals surface area contributed by atoms with Gasteiger partial charge >= 0.3 is 0 Å². The molecular formula is C16H19N3O3. The van der Waals surface area contributed by atoms with Crippen molar-refractivity contribution in [3.05, 3.63) is 39.9 Å². The van der Waals surface area contributed by atoms with Crippen LogP contribution in [0.25, 0.3) is 10.9 Å². The number of nitro groups is 1. The predicted octanol–water partition coefficient (Wildman–Crippen LogP) is 2.92. The highest BCUT2D eigenvalue weighted by Crippen LogP contribution is 2.26. The van der Waals surface area contributed by atoms with Gasteiger partial charge in [-0.05, 0) is 38.4 Å². The first-order chi connectivity index (χ1) is 10.5. The molecule has 1 saturated heterocycles. The molecule has 1 fully saturated rings. The number of aryl methyl sites for hydroxylation is 1. The number of hydrogen-bond donors (Lipinski definition) is 0. The predicted molar refractivity (Wildman–Crippen MR) is 84.3 cm³/mol. The van der Waals surface area contributed by atoms with Gasteiger partial charge in [-0.15, -0.1) is 0 Å². The van der Waals surface area contributed by atoms with Crippen LogP contribution in [0.3, 0.4) is 0 Å². The maximum absolute atomic E-state index is 10.9. The smallest absolute Gasteiger partial charge is 0.270 e. The van der Waals surface area contributed by atoms with Crippen LogP contribution in [0.4, 0.5) is 5.69 Å². The monoisotopic (exact) mass is 301 g/mol. The summed E-state index contributed by atoms with van der Waals surface area (Å²) < 4.78 is 6.00. The summed E-state index contributed by atoms with van der Waals surface area (Å²) in [5.74, 6) is 0.605. The van der Waals surface area contributed by atoms with E-state index in [1.165, 1.54) is 6.07 Å². The topological polar surface area (TPSA) is 68.5 Å². The summed E-state index contributed by atoms with van der Waals surface area (Å²) >= 11 is 0. The van der Waals surface area contributed by atoms with Gasteiger partial charge in [0, 0.05) is 36.7 Å². The minimum atomic E-state index is -0.387. The molecule has 22 heavy (non-hydrogen) atoms. The quantitative estimate of drug-likeness (QED) is 0.644. The summed E-state index contributed by atoms with van der Waals surface area (Å²) in [7, 11) is 2.11.